The fraction of sp³-hybridized carbons (Fsp3) is 0.174. The van der Waals surface area contributed by atoms with Gasteiger partial charge in [0.1, 0.15) is 17.7 Å². The molecule has 4 heteroatoms. The van der Waals surface area contributed by atoms with Crippen molar-refractivity contribution < 1.29 is 9.50 Å². The Labute approximate surface area is 158 Å². The summed E-state index contributed by atoms with van der Waals surface area (Å²) in [5.41, 5.74) is 4.39. The standard InChI is InChI=1S/C23H21FN2O/c1-15-10-12-16(13-11-15)20-14-21(18-7-3-5-9-22(18)27)26-23(25-20)17-6-2-4-8-19(17)24/h2-13,21,23,26-27H,14H2,1H3/t21-,23+/m0/s1. The number of hydrogen-bond donors (Lipinski definition) is 2. The van der Waals surface area contributed by atoms with Crippen LogP contribution in [0.25, 0.3) is 0 Å². The van der Waals surface area contributed by atoms with Crippen LogP contribution in [0, 0.1) is 12.7 Å². The lowest BCUT2D eigenvalue weighted by Gasteiger charge is -2.31. The van der Waals surface area contributed by atoms with Crippen molar-refractivity contribution in [1.82, 2.24) is 5.32 Å². The first-order valence-electron chi connectivity index (χ1n) is 9.04. The fourth-order valence-corrected chi connectivity index (χ4v) is 3.47. The Hall–Kier alpha value is -2.98. The predicted molar refractivity (Wildman–Crippen MR) is 105 cm³/mol. The largest absolute Gasteiger partial charge is 0.508 e. The van der Waals surface area contributed by atoms with Crippen LogP contribution >= 0.6 is 0 Å². The average Bonchev–Trinajstić information content (AvgIpc) is 2.69. The Morgan fingerprint density at radius 2 is 1.59 bits per heavy atom. The van der Waals surface area contributed by atoms with Gasteiger partial charge in [-0.25, -0.2) is 4.39 Å². The summed E-state index contributed by atoms with van der Waals surface area (Å²) in [6, 6.07) is 22.0. The predicted octanol–water partition coefficient (Wildman–Crippen LogP) is 5.06. The highest BCUT2D eigenvalue weighted by molar-refractivity contribution is 6.01. The third-order valence-electron chi connectivity index (χ3n) is 4.94. The van der Waals surface area contributed by atoms with E-state index in [2.05, 4.69) is 5.32 Å². The number of phenols is 1. The summed E-state index contributed by atoms with van der Waals surface area (Å²) in [5.74, 6) is -0.0626. The number of phenolic OH excluding ortho intramolecular Hbond substituents is 1. The molecule has 0 fully saturated rings. The molecule has 0 unspecified atom stereocenters. The number of aliphatic imine (C=N–C) groups is 1. The Balaban J connectivity index is 1.78. The zero-order valence-corrected chi connectivity index (χ0v) is 15.1. The van der Waals surface area contributed by atoms with Crippen molar-refractivity contribution >= 4 is 5.71 Å². The smallest absolute Gasteiger partial charge is 0.129 e. The number of nitrogens with one attached hydrogen (secondary N) is 1. The number of nitrogens with zero attached hydrogens (tertiary/aromatic N) is 1. The minimum Gasteiger partial charge on any atom is -0.508 e. The van der Waals surface area contributed by atoms with E-state index in [1.54, 1.807) is 24.3 Å². The van der Waals surface area contributed by atoms with Crippen molar-refractivity contribution in [2.24, 2.45) is 4.99 Å². The van der Waals surface area contributed by atoms with E-state index >= 15 is 0 Å². The van der Waals surface area contributed by atoms with Crippen LogP contribution in [0.2, 0.25) is 0 Å². The van der Waals surface area contributed by atoms with Crippen molar-refractivity contribution in [2.45, 2.75) is 25.6 Å². The van der Waals surface area contributed by atoms with Crippen molar-refractivity contribution in [3.8, 4) is 5.75 Å². The molecule has 0 spiro atoms. The molecule has 0 aromatic heterocycles. The van der Waals surface area contributed by atoms with Crippen LogP contribution < -0.4 is 5.32 Å². The number of halogens is 1. The topological polar surface area (TPSA) is 44.6 Å². The second kappa shape index (κ2) is 7.33. The molecule has 3 aromatic rings. The molecule has 4 rings (SSSR count). The van der Waals surface area contributed by atoms with Gasteiger partial charge in [0.05, 0.1) is 0 Å². The van der Waals surface area contributed by atoms with E-state index in [1.165, 1.54) is 11.6 Å². The summed E-state index contributed by atoms with van der Waals surface area (Å²) in [5, 5.41) is 13.7. The lowest BCUT2D eigenvalue weighted by Crippen LogP contribution is -2.33. The first-order valence-corrected chi connectivity index (χ1v) is 9.04. The lowest BCUT2D eigenvalue weighted by atomic mass is 9.93. The van der Waals surface area contributed by atoms with Gasteiger partial charge in [-0.2, -0.15) is 0 Å². The molecular formula is C23H21FN2O. The van der Waals surface area contributed by atoms with Gasteiger partial charge >= 0.3 is 0 Å². The molecule has 1 heterocycles. The molecule has 0 amide bonds. The minimum atomic E-state index is -0.513. The van der Waals surface area contributed by atoms with Gasteiger partial charge in [-0.1, -0.05) is 66.2 Å². The highest BCUT2D eigenvalue weighted by atomic mass is 19.1. The van der Waals surface area contributed by atoms with E-state index < -0.39 is 6.17 Å². The maximum Gasteiger partial charge on any atom is 0.129 e. The van der Waals surface area contributed by atoms with Crippen LogP contribution in [-0.4, -0.2) is 10.8 Å². The molecule has 1 aliphatic heterocycles. The Kier molecular flexibility index (Phi) is 4.73. The van der Waals surface area contributed by atoms with Gasteiger partial charge in [-0.15, -0.1) is 0 Å². The van der Waals surface area contributed by atoms with Crippen molar-refractivity contribution in [2.75, 3.05) is 0 Å². The van der Waals surface area contributed by atoms with Gasteiger partial charge in [-0.3, -0.25) is 10.3 Å². The highest BCUT2D eigenvalue weighted by Crippen LogP contribution is 2.34. The summed E-state index contributed by atoms with van der Waals surface area (Å²) in [6.45, 7) is 2.04. The molecule has 2 N–H and O–H groups in total. The molecule has 27 heavy (non-hydrogen) atoms. The summed E-state index contributed by atoms with van der Waals surface area (Å²) >= 11 is 0. The molecule has 0 bridgehead atoms. The van der Waals surface area contributed by atoms with Crippen molar-refractivity contribution in [3.63, 3.8) is 0 Å². The normalized spacial score (nSPS) is 19.6. The minimum absolute atomic E-state index is 0.162. The van der Waals surface area contributed by atoms with Gasteiger partial charge in [0.15, 0.2) is 0 Å². The first kappa shape index (κ1) is 17.4. The quantitative estimate of drug-likeness (QED) is 0.685. The van der Waals surface area contributed by atoms with E-state index in [-0.39, 0.29) is 17.6 Å². The summed E-state index contributed by atoms with van der Waals surface area (Å²) in [7, 11) is 0. The maximum absolute atomic E-state index is 14.4. The molecule has 0 saturated heterocycles. The molecule has 3 aromatic carbocycles. The van der Waals surface area contributed by atoms with E-state index in [4.69, 9.17) is 4.99 Å². The molecular weight excluding hydrogens is 339 g/mol. The Morgan fingerprint density at radius 3 is 2.30 bits per heavy atom. The highest BCUT2D eigenvalue weighted by Gasteiger charge is 2.28. The summed E-state index contributed by atoms with van der Waals surface area (Å²) < 4.78 is 14.4. The van der Waals surface area contributed by atoms with Crippen molar-refractivity contribution in [3.05, 3.63) is 101 Å². The van der Waals surface area contributed by atoms with Gasteiger partial charge in [0.2, 0.25) is 0 Å². The van der Waals surface area contributed by atoms with Crippen LogP contribution in [0.3, 0.4) is 0 Å². The van der Waals surface area contributed by atoms with E-state index in [1.807, 2.05) is 49.4 Å². The van der Waals surface area contributed by atoms with E-state index in [0.29, 0.717) is 12.0 Å². The molecule has 3 nitrogen and oxygen atoms in total. The number of rotatable bonds is 3. The van der Waals surface area contributed by atoms with Gasteiger partial charge in [-0.05, 0) is 24.6 Å². The van der Waals surface area contributed by atoms with Crippen LogP contribution in [0.1, 0.15) is 40.9 Å². The zero-order valence-electron chi connectivity index (χ0n) is 15.1. The third kappa shape index (κ3) is 3.62. The second-order valence-electron chi connectivity index (χ2n) is 6.85. The third-order valence-corrected chi connectivity index (χ3v) is 4.94. The maximum atomic E-state index is 14.4. The zero-order chi connectivity index (χ0) is 18.8. The summed E-state index contributed by atoms with van der Waals surface area (Å²) in [4.78, 5) is 4.80. The lowest BCUT2D eigenvalue weighted by molar-refractivity contribution is 0.405. The molecule has 0 saturated carbocycles. The average molecular weight is 360 g/mol. The van der Waals surface area contributed by atoms with Gasteiger partial charge < -0.3 is 5.11 Å². The molecule has 2 atom stereocenters. The molecule has 1 aliphatic rings. The Bertz CT molecular complexity index is 982. The second-order valence-corrected chi connectivity index (χ2v) is 6.85. The van der Waals surface area contributed by atoms with Gasteiger partial charge in [0, 0.05) is 29.3 Å². The van der Waals surface area contributed by atoms with Crippen LogP contribution in [0.15, 0.2) is 77.8 Å². The number of para-hydroxylation sites is 1. The van der Waals surface area contributed by atoms with E-state index in [0.717, 1.165) is 16.8 Å². The van der Waals surface area contributed by atoms with Crippen molar-refractivity contribution in [1.29, 1.82) is 0 Å². The Morgan fingerprint density at radius 1 is 0.926 bits per heavy atom. The molecule has 0 aliphatic carbocycles. The number of aryl methyl sites for hydroxylation is 1. The van der Waals surface area contributed by atoms with E-state index in [9.17, 15) is 9.50 Å². The number of benzene rings is 3. The summed E-state index contributed by atoms with van der Waals surface area (Å²) in [6.07, 6.45) is 0.104. The SMILES string of the molecule is Cc1ccc(C2=N[C@@H](c3ccccc3F)N[C@H](c3ccccc3O)C2)cc1. The van der Waals surface area contributed by atoms with Gasteiger partial charge in [0.25, 0.3) is 0 Å². The first-order chi connectivity index (χ1) is 13.1. The molecule has 0 radical (unpaired) electrons. The van der Waals surface area contributed by atoms with Crippen LogP contribution in [0.5, 0.6) is 5.75 Å². The fourth-order valence-electron chi connectivity index (χ4n) is 3.47. The number of hydrogen-bond acceptors (Lipinski definition) is 3. The molecule has 136 valence electrons. The van der Waals surface area contributed by atoms with Crippen LogP contribution in [0.4, 0.5) is 4.39 Å². The van der Waals surface area contributed by atoms with Crippen LogP contribution in [-0.2, 0) is 0 Å². The number of aromatic hydroxyl groups is 1. The monoisotopic (exact) mass is 360 g/mol.